The first-order valence-electron chi connectivity index (χ1n) is 10.3. The molecule has 168 valence electrons. The SMILES string of the molecule is C[C@@H]1CCCN(S(=O)(=O)c2ccc(Nc3cccc(Cn4cncn4)c3)c([N+](=O)[O-])c2)C1. The first kappa shape index (κ1) is 21.9. The van der Waals surface area contributed by atoms with Crippen LogP contribution in [0.1, 0.15) is 25.3 Å². The highest BCUT2D eigenvalue weighted by Crippen LogP contribution is 2.32. The summed E-state index contributed by atoms with van der Waals surface area (Å²) < 4.78 is 29.2. The molecule has 1 N–H and O–H groups in total. The molecule has 0 unspecified atom stereocenters. The fourth-order valence-corrected chi connectivity index (χ4v) is 5.47. The van der Waals surface area contributed by atoms with Crippen LogP contribution in [0.25, 0.3) is 0 Å². The number of nitrogens with zero attached hydrogens (tertiary/aromatic N) is 5. The lowest BCUT2D eigenvalue weighted by Crippen LogP contribution is -2.39. The summed E-state index contributed by atoms with van der Waals surface area (Å²) in [7, 11) is -3.79. The Balaban J connectivity index is 1.59. The van der Waals surface area contributed by atoms with Gasteiger partial charge in [-0.1, -0.05) is 19.1 Å². The van der Waals surface area contributed by atoms with Crippen molar-refractivity contribution in [1.29, 1.82) is 0 Å². The standard InChI is InChI=1S/C21H24N6O4S/c1-16-4-3-9-26(12-16)32(30,31)19-7-8-20(21(11-19)27(28)29)24-18-6-2-5-17(10-18)13-25-15-22-14-23-25/h2,5-8,10-11,14-16,24H,3-4,9,12-13H2,1H3/t16-/m1/s1. The fourth-order valence-electron chi connectivity index (χ4n) is 3.85. The van der Waals surface area contributed by atoms with E-state index in [9.17, 15) is 18.5 Å². The second-order valence-electron chi connectivity index (χ2n) is 7.96. The monoisotopic (exact) mass is 456 g/mol. The van der Waals surface area contributed by atoms with Gasteiger partial charge in [0.15, 0.2) is 0 Å². The van der Waals surface area contributed by atoms with Crippen LogP contribution >= 0.6 is 0 Å². The highest BCUT2D eigenvalue weighted by Gasteiger charge is 2.30. The lowest BCUT2D eigenvalue weighted by molar-refractivity contribution is -0.384. The van der Waals surface area contributed by atoms with Crippen LogP contribution in [-0.2, 0) is 16.6 Å². The van der Waals surface area contributed by atoms with E-state index >= 15 is 0 Å². The summed E-state index contributed by atoms with van der Waals surface area (Å²) in [4.78, 5) is 15.0. The van der Waals surface area contributed by atoms with Crippen molar-refractivity contribution in [3.05, 3.63) is 70.8 Å². The summed E-state index contributed by atoms with van der Waals surface area (Å²) in [5.74, 6) is 0.263. The lowest BCUT2D eigenvalue weighted by Gasteiger charge is -2.30. The number of nitro benzene ring substituents is 1. The number of anilines is 2. The quantitative estimate of drug-likeness (QED) is 0.427. The Morgan fingerprint density at radius 2 is 2.09 bits per heavy atom. The molecule has 1 aromatic heterocycles. The minimum Gasteiger partial charge on any atom is -0.350 e. The van der Waals surface area contributed by atoms with Gasteiger partial charge < -0.3 is 5.32 Å². The minimum absolute atomic E-state index is 0.0659. The predicted molar refractivity (Wildman–Crippen MR) is 119 cm³/mol. The van der Waals surface area contributed by atoms with Crippen LogP contribution in [0.4, 0.5) is 17.1 Å². The van der Waals surface area contributed by atoms with Gasteiger partial charge in [-0.15, -0.1) is 0 Å². The predicted octanol–water partition coefficient (Wildman–Crippen LogP) is 3.40. The van der Waals surface area contributed by atoms with Crippen molar-refractivity contribution < 1.29 is 13.3 Å². The number of hydrogen-bond acceptors (Lipinski definition) is 7. The van der Waals surface area contributed by atoms with E-state index in [1.807, 2.05) is 25.1 Å². The second kappa shape index (κ2) is 9.05. The van der Waals surface area contributed by atoms with E-state index in [1.165, 1.54) is 22.8 Å². The molecule has 2 aromatic carbocycles. The molecule has 10 nitrogen and oxygen atoms in total. The van der Waals surface area contributed by atoms with Gasteiger partial charge in [0.2, 0.25) is 10.0 Å². The largest absolute Gasteiger partial charge is 0.350 e. The molecule has 1 saturated heterocycles. The van der Waals surface area contributed by atoms with Gasteiger partial charge in [-0.2, -0.15) is 9.40 Å². The van der Waals surface area contributed by atoms with Gasteiger partial charge in [0, 0.05) is 24.8 Å². The van der Waals surface area contributed by atoms with Gasteiger partial charge in [-0.3, -0.25) is 10.1 Å². The normalized spacial score (nSPS) is 17.2. The van der Waals surface area contributed by atoms with Gasteiger partial charge in [0.05, 0.1) is 16.4 Å². The third kappa shape index (κ3) is 4.78. The summed E-state index contributed by atoms with van der Waals surface area (Å²) in [6.45, 7) is 3.37. The van der Waals surface area contributed by atoms with Crippen molar-refractivity contribution >= 4 is 27.1 Å². The molecule has 1 aliphatic rings. The maximum atomic E-state index is 13.0. The third-order valence-corrected chi connectivity index (χ3v) is 7.30. The Morgan fingerprint density at radius 1 is 1.25 bits per heavy atom. The Hall–Kier alpha value is -3.31. The van der Waals surface area contributed by atoms with Crippen molar-refractivity contribution in [1.82, 2.24) is 19.1 Å². The van der Waals surface area contributed by atoms with E-state index < -0.39 is 14.9 Å². The minimum atomic E-state index is -3.79. The summed E-state index contributed by atoms with van der Waals surface area (Å²) in [6.07, 6.45) is 4.82. The van der Waals surface area contributed by atoms with Crippen molar-refractivity contribution in [2.24, 2.45) is 5.92 Å². The smallest absolute Gasteiger partial charge is 0.294 e. The number of sulfonamides is 1. The first-order valence-corrected chi connectivity index (χ1v) is 11.7. The number of benzene rings is 2. The Labute approximate surface area is 186 Å². The van der Waals surface area contributed by atoms with Crippen LogP contribution in [-0.4, -0.2) is 45.5 Å². The number of hydrogen-bond donors (Lipinski definition) is 1. The molecule has 4 rings (SSSR count). The average molecular weight is 457 g/mol. The Morgan fingerprint density at radius 3 is 2.81 bits per heavy atom. The topological polar surface area (TPSA) is 123 Å². The molecule has 0 radical (unpaired) electrons. The van der Waals surface area contributed by atoms with Crippen LogP contribution < -0.4 is 5.32 Å². The van der Waals surface area contributed by atoms with E-state index in [-0.39, 0.29) is 22.2 Å². The summed E-state index contributed by atoms with van der Waals surface area (Å²) >= 11 is 0. The van der Waals surface area contributed by atoms with Crippen molar-refractivity contribution in [3.8, 4) is 0 Å². The van der Waals surface area contributed by atoms with Gasteiger partial charge in [-0.25, -0.2) is 18.1 Å². The molecule has 11 heteroatoms. The Kier molecular flexibility index (Phi) is 6.19. The zero-order valence-corrected chi connectivity index (χ0v) is 18.4. The van der Waals surface area contributed by atoms with Crippen LogP contribution in [0.15, 0.2) is 60.0 Å². The molecule has 32 heavy (non-hydrogen) atoms. The number of nitrogens with one attached hydrogen (secondary N) is 1. The molecule has 1 aliphatic heterocycles. The van der Waals surface area contributed by atoms with Gasteiger partial charge in [0.1, 0.15) is 18.3 Å². The number of nitro groups is 1. The zero-order chi connectivity index (χ0) is 22.7. The molecular weight excluding hydrogens is 432 g/mol. The zero-order valence-electron chi connectivity index (χ0n) is 17.6. The van der Waals surface area contributed by atoms with Gasteiger partial charge in [0.25, 0.3) is 5.69 Å². The van der Waals surface area contributed by atoms with Gasteiger partial charge in [-0.05, 0) is 48.6 Å². The van der Waals surface area contributed by atoms with Crippen molar-refractivity contribution in [2.75, 3.05) is 18.4 Å². The van der Waals surface area contributed by atoms with E-state index in [0.29, 0.717) is 25.3 Å². The summed E-state index contributed by atoms with van der Waals surface area (Å²) in [5.41, 5.74) is 1.50. The van der Waals surface area contributed by atoms with Crippen molar-refractivity contribution in [3.63, 3.8) is 0 Å². The number of aromatic nitrogens is 3. The van der Waals surface area contributed by atoms with Crippen LogP contribution in [0.3, 0.4) is 0 Å². The van der Waals surface area contributed by atoms with Crippen molar-refractivity contribution in [2.45, 2.75) is 31.2 Å². The van der Waals surface area contributed by atoms with Crippen LogP contribution in [0, 0.1) is 16.0 Å². The second-order valence-corrected chi connectivity index (χ2v) is 9.90. The van der Waals surface area contributed by atoms with Gasteiger partial charge >= 0.3 is 0 Å². The maximum Gasteiger partial charge on any atom is 0.294 e. The van der Waals surface area contributed by atoms with Crippen LogP contribution in [0.2, 0.25) is 0 Å². The first-order chi connectivity index (χ1) is 15.3. The fraction of sp³-hybridized carbons (Fsp3) is 0.333. The van der Waals surface area contributed by atoms with E-state index in [1.54, 1.807) is 17.1 Å². The Bertz CT molecular complexity index is 1210. The highest BCUT2D eigenvalue weighted by molar-refractivity contribution is 7.89. The summed E-state index contributed by atoms with van der Waals surface area (Å²) in [6, 6.07) is 11.4. The molecule has 0 saturated carbocycles. The number of piperidine rings is 1. The highest BCUT2D eigenvalue weighted by atomic mass is 32.2. The molecule has 0 amide bonds. The third-order valence-electron chi connectivity index (χ3n) is 5.44. The molecule has 1 fully saturated rings. The molecule has 1 atom stereocenters. The van der Waals surface area contributed by atoms with E-state index in [2.05, 4.69) is 15.4 Å². The van der Waals surface area contributed by atoms with E-state index in [0.717, 1.165) is 24.5 Å². The lowest BCUT2D eigenvalue weighted by atomic mass is 10.0. The molecule has 0 aliphatic carbocycles. The van der Waals surface area contributed by atoms with E-state index in [4.69, 9.17) is 0 Å². The molecule has 3 aromatic rings. The molecular formula is C21H24N6O4S. The summed E-state index contributed by atoms with van der Waals surface area (Å²) in [5, 5.41) is 18.9. The average Bonchev–Trinajstić information content (AvgIpc) is 3.27. The van der Waals surface area contributed by atoms with Crippen LogP contribution in [0.5, 0.6) is 0 Å². The maximum absolute atomic E-state index is 13.0. The number of rotatable bonds is 7. The molecule has 0 spiro atoms. The molecule has 0 bridgehead atoms. The molecule has 2 heterocycles.